The summed E-state index contributed by atoms with van der Waals surface area (Å²) in [5.74, 6) is 0.243. The summed E-state index contributed by atoms with van der Waals surface area (Å²) < 4.78 is 35.5. The van der Waals surface area contributed by atoms with E-state index >= 15 is 0 Å². The molecule has 8 nitrogen and oxygen atoms in total. The maximum absolute atomic E-state index is 13.9. The Hall–Kier alpha value is -4.15. The number of amides is 2. The predicted octanol–water partition coefficient (Wildman–Crippen LogP) is 5.60. The summed E-state index contributed by atoms with van der Waals surface area (Å²) in [5, 5.41) is 2.58. The van der Waals surface area contributed by atoms with Gasteiger partial charge in [0.15, 0.2) is 0 Å². The molecule has 41 heavy (non-hydrogen) atoms. The number of para-hydroxylation sites is 1. The van der Waals surface area contributed by atoms with Gasteiger partial charge in [-0.1, -0.05) is 64.5 Å². The minimum absolute atomic E-state index is 0.0382. The molecular formula is C31H30BrN3O5S. The first-order chi connectivity index (χ1) is 19.7. The Balaban J connectivity index is 1.68. The number of sulfonamides is 1. The van der Waals surface area contributed by atoms with Crippen molar-refractivity contribution >= 4 is 43.5 Å². The highest BCUT2D eigenvalue weighted by atomic mass is 79.9. The first kappa shape index (κ1) is 29.8. The molecule has 2 amide bonds. The fourth-order valence-corrected chi connectivity index (χ4v) is 5.83. The van der Waals surface area contributed by atoms with Gasteiger partial charge < -0.3 is 15.0 Å². The smallest absolute Gasteiger partial charge is 0.264 e. The average molecular weight is 637 g/mol. The highest BCUT2D eigenvalue weighted by molar-refractivity contribution is 9.10. The molecule has 0 radical (unpaired) electrons. The van der Waals surface area contributed by atoms with Crippen LogP contribution in [-0.2, 0) is 26.2 Å². The Morgan fingerprint density at radius 2 is 1.39 bits per heavy atom. The van der Waals surface area contributed by atoms with Crippen molar-refractivity contribution in [1.29, 1.82) is 0 Å². The second-order valence-corrected chi connectivity index (χ2v) is 12.0. The van der Waals surface area contributed by atoms with Crippen LogP contribution in [0.2, 0.25) is 0 Å². The third-order valence-corrected chi connectivity index (χ3v) is 8.71. The summed E-state index contributed by atoms with van der Waals surface area (Å²) in [6.45, 7) is 1.21. The van der Waals surface area contributed by atoms with E-state index in [0.717, 1.165) is 14.3 Å². The molecule has 212 valence electrons. The Morgan fingerprint density at radius 1 is 0.829 bits per heavy atom. The highest BCUT2D eigenvalue weighted by Gasteiger charge is 2.32. The van der Waals surface area contributed by atoms with Gasteiger partial charge in [-0.05, 0) is 73.2 Å². The lowest BCUT2D eigenvalue weighted by atomic mass is 10.1. The van der Waals surface area contributed by atoms with Gasteiger partial charge in [-0.25, -0.2) is 8.42 Å². The van der Waals surface area contributed by atoms with Crippen LogP contribution in [-0.4, -0.2) is 44.8 Å². The molecule has 0 aliphatic rings. The number of hydrogen-bond donors (Lipinski definition) is 1. The molecule has 4 aromatic rings. The molecule has 0 bridgehead atoms. The Morgan fingerprint density at radius 3 is 1.98 bits per heavy atom. The summed E-state index contributed by atoms with van der Waals surface area (Å²) in [5.41, 5.74) is 1.07. The van der Waals surface area contributed by atoms with Crippen LogP contribution in [0, 0.1) is 0 Å². The summed E-state index contributed by atoms with van der Waals surface area (Å²) in [7, 11) is -2.65. The summed E-state index contributed by atoms with van der Waals surface area (Å²) in [6.07, 6.45) is 0. The van der Waals surface area contributed by atoms with Gasteiger partial charge in [0, 0.05) is 18.1 Å². The highest BCUT2D eigenvalue weighted by Crippen LogP contribution is 2.28. The monoisotopic (exact) mass is 635 g/mol. The van der Waals surface area contributed by atoms with E-state index in [1.807, 2.05) is 54.6 Å². The molecule has 0 saturated carbocycles. The van der Waals surface area contributed by atoms with Crippen molar-refractivity contribution in [2.75, 3.05) is 17.9 Å². The quantitative estimate of drug-likeness (QED) is 0.231. The number of hydrogen-bond acceptors (Lipinski definition) is 5. The molecule has 4 aromatic carbocycles. The maximum Gasteiger partial charge on any atom is 0.264 e. The Kier molecular flexibility index (Phi) is 9.80. The third kappa shape index (κ3) is 7.53. The van der Waals surface area contributed by atoms with Gasteiger partial charge in [-0.2, -0.15) is 0 Å². The van der Waals surface area contributed by atoms with Gasteiger partial charge in [0.2, 0.25) is 11.8 Å². The average Bonchev–Trinajstić information content (AvgIpc) is 3.00. The fourth-order valence-electron chi connectivity index (χ4n) is 4.13. The Labute approximate surface area is 248 Å². The molecular weight excluding hydrogens is 606 g/mol. The van der Waals surface area contributed by atoms with Crippen molar-refractivity contribution in [3.05, 3.63) is 119 Å². The topological polar surface area (TPSA) is 96.0 Å². The first-order valence-corrected chi connectivity index (χ1v) is 15.1. The summed E-state index contributed by atoms with van der Waals surface area (Å²) >= 11 is 3.40. The van der Waals surface area contributed by atoms with E-state index in [1.165, 1.54) is 24.1 Å². The number of halogens is 1. The van der Waals surface area contributed by atoms with Crippen molar-refractivity contribution in [3.63, 3.8) is 0 Å². The van der Waals surface area contributed by atoms with Crippen molar-refractivity contribution in [2.24, 2.45) is 0 Å². The zero-order valence-corrected chi connectivity index (χ0v) is 25.0. The van der Waals surface area contributed by atoms with E-state index < -0.39 is 28.5 Å². The normalized spacial score (nSPS) is 11.8. The second kappa shape index (κ2) is 13.5. The van der Waals surface area contributed by atoms with E-state index in [-0.39, 0.29) is 23.0 Å². The van der Waals surface area contributed by atoms with Crippen molar-refractivity contribution in [3.8, 4) is 11.5 Å². The number of carbonyl (C=O) groups is 2. The second-order valence-electron chi connectivity index (χ2n) is 9.17. The van der Waals surface area contributed by atoms with E-state index in [4.69, 9.17) is 4.74 Å². The lowest BCUT2D eigenvalue weighted by Crippen LogP contribution is -2.50. The molecule has 0 fully saturated rings. The van der Waals surface area contributed by atoms with Gasteiger partial charge >= 0.3 is 0 Å². The summed E-state index contributed by atoms with van der Waals surface area (Å²) in [4.78, 5) is 27.9. The maximum atomic E-state index is 13.9. The summed E-state index contributed by atoms with van der Waals surface area (Å²) in [6, 6.07) is 30.1. The number of likely N-dealkylation sites (N-methyl/N-ethyl adjacent to an activating group) is 1. The van der Waals surface area contributed by atoms with Gasteiger partial charge in [0.1, 0.15) is 24.1 Å². The molecule has 0 aromatic heterocycles. The lowest BCUT2D eigenvalue weighted by molar-refractivity contribution is -0.139. The molecule has 0 unspecified atom stereocenters. The molecule has 0 spiro atoms. The SMILES string of the molecule is CNC(=O)[C@@H](C)N(Cc1ccc(Br)cc1)C(=O)CN(c1ccc(Oc2ccccc2)cc1)S(=O)(=O)c1ccccc1. The van der Waals surface area contributed by atoms with E-state index in [9.17, 15) is 18.0 Å². The number of anilines is 1. The molecule has 1 atom stereocenters. The van der Waals surface area contributed by atoms with Gasteiger partial charge in [0.05, 0.1) is 10.6 Å². The van der Waals surface area contributed by atoms with Crippen LogP contribution in [0.4, 0.5) is 5.69 Å². The Bertz CT molecular complexity index is 1570. The minimum atomic E-state index is -4.15. The first-order valence-electron chi connectivity index (χ1n) is 12.9. The van der Waals surface area contributed by atoms with Crippen molar-refractivity contribution in [1.82, 2.24) is 10.2 Å². The van der Waals surface area contributed by atoms with Crippen LogP contribution in [0.1, 0.15) is 12.5 Å². The van der Waals surface area contributed by atoms with Crippen molar-refractivity contribution in [2.45, 2.75) is 24.4 Å². The standard InChI is InChI=1S/C31H30BrN3O5S/c1-23(31(37)33-2)34(21-24-13-15-25(32)16-14-24)30(36)22-35(41(38,39)29-11-7-4-8-12-29)26-17-19-28(20-18-26)40-27-9-5-3-6-10-27/h3-20,23H,21-22H2,1-2H3,(H,33,37)/t23-/m1/s1. The molecule has 0 aliphatic heterocycles. The number of rotatable bonds is 11. The van der Waals surface area contributed by atoms with Crippen LogP contribution in [0.5, 0.6) is 11.5 Å². The molecule has 0 saturated heterocycles. The van der Waals surface area contributed by atoms with Crippen LogP contribution >= 0.6 is 15.9 Å². The van der Waals surface area contributed by atoms with E-state index in [2.05, 4.69) is 21.2 Å². The van der Waals surface area contributed by atoms with Crippen LogP contribution in [0.25, 0.3) is 0 Å². The lowest BCUT2D eigenvalue weighted by Gasteiger charge is -2.31. The molecule has 0 heterocycles. The molecule has 10 heteroatoms. The van der Waals surface area contributed by atoms with Crippen LogP contribution in [0.3, 0.4) is 0 Å². The molecule has 4 rings (SSSR count). The van der Waals surface area contributed by atoms with Crippen molar-refractivity contribution < 1.29 is 22.7 Å². The third-order valence-electron chi connectivity index (χ3n) is 6.39. The number of benzene rings is 4. The molecule has 1 N–H and O–H groups in total. The largest absolute Gasteiger partial charge is 0.457 e. The van der Waals surface area contributed by atoms with Gasteiger partial charge in [0.25, 0.3) is 10.0 Å². The van der Waals surface area contributed by atoms with E-state index in [0.29, 0.717) is 11.5 Å². The van der Waals surface area contributed by atoms with Crippen LogP contribution < -0.4 is 14.4 Å². The number of ether oxygens (including phenoxy) is 1. The number of nitrogens with zero attached hydrogens (tertiary/aromatic N) is 2. The number of carbonyl (C=O) groups excluding carboxylic acids is 2. The number of nitrogens with one attached hydrogen (secondary N) is 1. The molecule has 0 aliphatic carbocycles. The van der Waals surface area contributed by atoms with Gasteiger partial charge in [-0.15, -0.1) is 0 Å². The zero-order chi connectivity index (χ0) is 29.4. The fraction of sp³-hybridized carbons (Fsp3) is 0.161. The van der Waals surface area contributed by atoms with E-state index in [1.54, 1.807) is 49.4 Å². The van der Waals surface area contributed by atoms with Crippen LogP contribution in [0.15, 0.2) is 119 Å². The van der Waals surface area contributed by atoms with Gasteiger partial charge in [-0.3, -0.25) is 13.9 Å². The predicted molar refractivity (Wildman–Crippen MR) is 162 cm³/mol. The zero-order valence-electron chi connectivity index (χ0n) is 22.6. The minimum Gasteiger partial charge on any atom is -0.457 e.